The van der Waals surface area contributed by atoms with Crippen LogP contribution in [0.15, 0.2) is 53.7 Å². The molecule has 1 aliphatic rings. The molecule has 7 nitrogen and oxygen atoms in total. The lowest BCUT2D eigenvalue weighted by Gasteiger charge is -2.28. The van der Waals surface area contributed by atoms with Crippen molar-refractivity contribution in [3.05, 3.63) is 65.4 Å². The van der Waals surface area contributed by atoms with Crippen LogP contribution in [0.4, 0.5) is 5.82 Å². The second-order valence-electron chi connectivity index (χ2n) is 6.43. The molecular formula is C20H14N6OS. The first-order chi connectivity index (χ1) is 13.8. The number of nitrogens with zero attached hydrogens (tertiary/aromatic N) is 5. The minimum Gasteiger partial charge on any atom is -0.496 e. The van der Waals surface area contributed by atoms with Crippen LogP contribution < -0.4 is 4.74 Å². The molecule has 0 saturated heterocycles. The van der Waals surface area contributed by atoms with Crippen LogP contribution in [0.1, 0.15) is 22.6 Å². The highest BCUT2D eigenvalue weighted by atomic mass is 32.1. The molecule has 0 saturated carbocycles. The molecule has 2 aromatic heterocycles. The maximum Gasteiger partial charge on any atom is 0.152 e. The van der Waals surface area contributed by atoms with E-state index in [2.05, 4.69) is 25.0 Å². The molecule has 2 unspecified atom stereocenters. The molecule has 8 heteroatoms. The van der Waals surface area contributed by atoms with Crippen molar-refractivity contribution in [1.29, 1.82) is 5.26 Å². The summed E-state index contributed by atoms with van der Waals surface area (Å²) in [6.07, 6.45) is 1.74. The first-order valence-electron chi connectivity index (χ1n) is 8.68. The monoisotopic (exact) mass is 386 g/mol. The van der Waals surface area contributed by atoms with Crippen LogP contribution in [0.2, 0.25) is 0 Å². The van der Waals surface area contributed by atoms with Crippen molar-refractivity contribution in [3.63, 3.8) is 0 Å². The van der Waals surface area contributed by atoms with Gasteiger partial charge in [-0.3, -0.25) is 5.10 Å². The molecule has 0 fully saturated rings. The largest absolute Gasteiger partial charge is 0.496 e. The Morgan fingerprint density at radius 3 is 2.86 bits per heavy atom. The molecule has 28 heavy (non-hydrogen) atoms. The van der Waals surface area contributed by atoms with Crippen LogP contribution in [-0.4, -0.2) is 31.8 Å². The van der Waals surface area contributed by atoms with Gasteiger partial charge >= 0.3 is 0 Å². The van der Waals surface area contributed by atoms with Crippen molar-refractivity contribution in [3.8, 4) is 11.8 Å². The number of para-hydroxylation sites is 1. The summed E-state index contributed by atoms with van der Waals surface area (Å²) < 4.78 is 14.3. The van der Waals surface area contributed by atoms with Gasteiger partial charge in [-0.25, -0.2) is 4.99 Å². The molecule has 136 valence electrons. The molecule has 3 heterocycles. The summed E-state index contributed by atoms with van der Waals surface area (Å²) in [5.74, 6) is 0.548. The van der Waals surface area contributed by atoms with Gasteiger partial charge in [0.05, 0.1) is 36.8 Å². The van der Waals surface area contributed by atoms with Gasteiger partial charge in [-0.15, -0.1) is 0 Å². The Bertz CT molecular complexity index is 1250. The Morgan fingerprint density at radius 1 is 1.11 bits per heavy atom. The van der Waals surface area contributed by atoms with Crippen molar-refractivity contribution in [2.24, 2.45) is 10.9 Å². The standard InChI is InChI=1S/C20H14N6OS/c1-27-16-8-3-2-5-11(16)18-13(9-21)17(14-10-22-24-20(14)23-18)12-6-4-7-15-19(12)26-28-25-15/h2-8,10,13,17H,1H3,(H,22,24). The van der Waals surface area contributed by atoms with Crippen molar-refractivity contribution < 1.29 is 4.74 Å². The van der Waals surface area contributed by atoms with E-state index in [1.807, 2.05) is 42.5 Å². The Labute approximate surface area is 164 Å². The second kappa shape index (κ2) is 6.55. The number of aromatic amines is 1. The molecular weight excluding hydrogens is 372 g/mol. The number of rotatable bonds is 3. The summed E-state index contributed by atoms with van der Waals surface area (Å²) in [6, 6.07) is 15.9. The summed E-state index contributed by atoms with van der Waals surface area (Å²) in [4.78, 5) is 4.74. The highest BCUT2D eigenvalue weighted by Crippen LogP contribution is 2.44. The Morgan fingerprint density at radius 2 is 2.00 bits per heavy atom. The van der Waals surface area contributed by atoms with Gasteiger partial charge in [0.25, 0.3) is 0 Å². The van der Waals surface area contributed by atoms with Gasteiger partial charge in [0.1, 0.15) is 22.7 Å². The van der Waals surface area contributed by atoms with Gasteiger partial charge in [0.2, 0.25) is 0 Å². The van der Waals surface area contributed by atoms with E-state index in [0.717, 1.165) is 27.7 Å². The third-order valence-electron chi connectivity index (χ3n) is 5.02. The minimum atomic E-state index is -0.520. The van der Waals surface area contributed by atoms with E-state index >= 15 is 0 Å². The fraction of sp³-hybridized carbons (Fsp3) is 0.150. The van der Waals surface area contributed by atoms with Gasteiger partial charge in [-0.2, -0.15) is 19.1 Å². The van der Waals surface area contributed by atoms with Crippen LogP contribution in [0, 0.1) is 17.2 Å². The molecule has 0 aliphatic carbocycles. The fourth-order valence-corrected chi connectivity index (χ4v) is 4.33. The summed E-state index contributed by atoms with van der Waals surface area (Å²) in [5.41, 5.74) is 4.91. The number of fused-ring (bicyclic) bond motifs is 2. The molecule has 0 spiro atoms. The lowest BCUT2D eigenvalue weighted by atomic mass is 9.76. The van der Waals surface area contributed by atoms with Crippen LogP contribution >= 0.6 is 11.7 Å². The Kier molecular flexibility index (Phi) is 3.88. The second-order valence-corrected chi connectivity index (χ2v) is 6.96. The van der Waals surface area contributed by atoms with E-state index in [4.69, 9.17) is 9.73 Å². The number of benzene rings is 2. The fourth-order valence-electron chi connectivity index (χ4n) is 3.78. The third kappa shape index (κ3) is 2.41. The lowest BCUT2D eigenvalue weighted by molar-refractivity contribution is 0.413. The normalized spacial score (nSPS) is 18.4. The lowest BCUT2D eigenvalue weighted by Crippen LogP contribution is -2.26. The topological polar surface area (TPSA) is 99.8 Å². The number of hydrogen-bond donors (Lipinski definition) is 1. The van der Waals surface area contributed by atoms with Crippen molar-refractivity contribution in [2.45, 2.75) is 5.92 Å². The smallest absolute Gasteiger partial charge is 0.152 e. The molecule has 2 atom stereocenters. The predicted octanol–water partition coefficient (Wildman–Crippen LogP) is 3.83. The van der Waals surface area contributed by atoms with Crippen LogP contribution in [0.25, 0.3) is 11.0 Å². The van der Waals surface area contributed by atoms with Gasteiger partial charge in [-0.1, -0.05) is 24.3 Å². The third-order valence-corrected chi connectivity index (χ3v) is 5.56. The van der Waals surface area contributed by atoms with E-state index in [-0.39, 0.29) is 5.92 Å². The summed E-state index contributed by atoms with van der Waals surface area (Å²) in [7, 11) is 1.62. The molecule has 0 radical (unpaired) electrons. The number of H-pyrrole nitrogens is 1. The Balaban J connectivity index is 1.76. The molecule has 5 rings (SSSR count). The molecule has 0 bridgehead atoms. The predicted molar refractivity (Wildman–Crippen MR) is 106 cm³/mol. The number of hydrogen-bond acceptors (Lipinski definition) is 7. The molecule has 1 N–H and O–H groups in total. The van der Waals surface area contributed by atoms with E-state index in [1.54, 1.807) is 13.3 Å². The van der Waals surface area contributed by atoms with E-state index in [0.29, 0.717) is 17.3 Å². The average Bonchev–Trinajstić information content (AvgIpc) is 3.41. The van der Waals surface area contributed by atoms with Crippen LogP contribution in [-0.2, 0) is 0 Å². The van der Waals surface area contributed by atoms with Gasteiger partial charge in [0.15, 0.2) is 5.82 Å². The number of aromatic nitrogens is 4. The number of nitrogens with one attached hydrogen (secondary N) is 1. The maximum atomic E-state index is 10.2. The molecule has 4 aromatic rings. The van der Waals surface area contributed by atoms with E-state index in [9.17, 15) is 5.26 Å². The molecule has 0 amide bonds. The highest BCUT2D eigenvalue weighted by molar-refractivity contribution is 7.00. The average molecular weight is 386 g/mol. The first-order valence-corrected chi connectivity index (χ1v) is 9.41. The van der Waals surface area contributed by atoms with E-state index in [1.165, 1.54) is 11.7 Å². The van der Waals surface area contributed by atoms with Gasteiger partial charge < -0.3 is 4.74 Å². The zero-order valence-electron chi connectivity index (χ0n) is 14.8. The zero-order valence-corrected chi connectivity index (χ0v) is 15.6. The van der Waals surface area contributed by atoms with Crippen LogP contribution in [0.5, 0.6) is 5.75 Å². The number of nitriles is 1. The Hall–Kier alpha value is -3.57. The van der Waals surface area contributed by atoms with Crippen molar-refractivity contribution in [1.82, 2.24) is 18.9 Å². The van der Waals surface area contributed by atoms with Gasteiger partial charge in [0, 0.05) is 17.0 Å². The molecule has 1 aliphatic heterocycles. The van der Waals surface area contributed by atoms with Gasteiger partial charge in [-0.05, 0) is 23.8 Å². The number of ether oxygens (including phenoxy) is 1. The minimum absolute atomic E-state index is 0.260. The van der Waals surface area contributed by atoms with Crippen molar-refractivity contribution in [2.75, 3.05) is 7.11 Å². The summed E-state index contributed by atoms with van der Waals surface area (Å²) in [6.45, 7) is 0. The highest BCUT2D eigenvalue weighted by Gasteiger charge is 2.38. The first kappa shape index (κ1) is 16.6. The van der Waals surface area contributed by atoms with E-state index < -0.39 is 5.92 Å². The maximum absolute atomic E-state index is 10.2. The van der Waals surface area contributed by atoms with Crippen molar-refractivity contribution >= 4 is 34.3 Å². The summed E-state index contributed by atoms with van der Waals surface area (Å²) >= 11 is 1.17. The number of aliphatic imine (C=N–C) groups is 1. The molecule has 2 aromatic carbocycles. The summed E-state index contributed by atoms with van der Waals surface area (Å²) in [5, 5.41) is 17.3. The quantitative estimate of drug-likeness (QED) is 0.577. The number of methoxy groups -OCH3 is 1. The zero-order chi connectivity index (χ0) is 19.1. The SMILES string of the molecule is COc1ccccc1C1=Nc2[nH]ncc2C(c2cccc3nsnc23)C1C#N. The van der Waals surface area contributed by atoms with Crippen LogP contribution in [0.3, 0.4) is 0 Å².